The number of alkyl halides is 1. The van der Waals surface area contributed by atoms with E-state index in [1.165, 1.54) is 12.8 Å². The molecule has 0 heterocycles. The molecule has 10 heavy (non-hydrogen) atoms. The van der Waals surface area contributed by atoms with Gasteiger partial charge >= 0.3 is 0 Å². The molecule has 0 aromatic rings. The average molecular weight is 207 g/mol. The molecular weight excluding hydrogens is 196 g/mol. The third-order valence-corrected chi connectivity index (χ3v) is 2.90. The van der Waals surface area contributed by atoms with Crippen LogP contribution in [0.15, 0.2) is 0 Å². The quantitative estimate of drug-likeness (QED) is 0.510. The minimum Gasteiger partial charge on any atom is -0.463 e. The maximum atomic E-state index is 9.98. The second-order valence-corrected chi connectivity index (χ2v) is 3.75. The van der Waals surface area contributed by atoms with Crippen LogP contribution >= 0.6 is 15.9 Å². The molecule has 0 aliphatic heterocycles. The van der Waals surface area contributed by atoms with Crippen molar-refractivity contribution < 1.29 is 9.53 Å². The van der Waals surface area contributed by atoms with Gasteiger partial charge in [0.15, 0.2) is 0 Å². The summed E-state index contributed by atoms with van der Waals surface area (Å²) in [4.78, 5) is 10.4. The van der Waals surface area contributed by atoms with E-state index in [-0.39, 0.29) is 6.10 Å². The lowest BCUT2D eigenvalue weighted by Gasteiger charge is -2.25. The molecule has 0 N–H and O–H groups in total. The summed E-state index contributed by atoms with van der Waals surface area (Å²) in [7, 11) is 0. The molecule has 0 unspecified atom stereocenters. The van der Waals surface area contributed by atoms with Crippen LogP contribution in [-0.4, -0.2) is 17.4 Å². The van der Waals surface area contributed by atoms with Crippen molar-refractivity contribution in [3.63, 3.8) is 0 Å². The van der Waals surface area contributed by atoms with Crippen molar-refractivity contribution in [2.45, 2.75) is 36.6 Å². The van der Waals surface area contributed by atoms with E-state index in [2.05, 4.69) is 15.9 Å². The minimum atomic E-state index is 0.117. The predicted octanol–water partition coefficient (Wildman–Crippen LogP) is 1.87. The Morgan fingerprint density at radius 2 is 2.10 bits per heavy atom. The Bertz CT molecular complexity index is 116. The molecular formula is C7H11BrO2. The zero-order chi connectivity index (χ0) is 7.40. The van der Waals surface area contributed by atoms with Gasteiger partial charge in [0.05, 0.1) is 4.83 Å². The first kappa shape index (κ1) is 8.05. The highest BCUT2D eigenvalue weighted by Gasteiger charge is 2.23. The molecule has 1 fully saturated rings. The number of hydrogen-bond acceptors (Lipinski definition) is 2. The van der Waals surface area contributed by atoms with Gasteiger partial charge in [0, 0.05) is 0 Å². The lowest BCUT2D eigenvalue weighted by molar-refractivity contribution is -0.134. The van der Waals surface area contributed by atoms with Crippen LogP contribution in [0.3, 0.4) is 0 Å². The van der Waals surface area contributed by atoms with Gasteiger partial charge in [-0.05, 0) is 19.3 Å². The van der Waals surface area contributed by atoms with Crippen LogP contribution in [-0.2, 0) is 9.53 Å². The van der Waals surface area contributed by atoms with E-state index in [9.17, 15) is 4.79 Å². The molecule has 0 bridgehead atoms. The molecule has 1 saturated carbocycles. The summed E-state index contributed by atoms with van der Waals surface area (Å²) in [5.74, 6) is 0. The number of carbonyl (C=O) groups is 1. The fourth-order valence-electron chi connectivity index (χ4n) is 1.28. The molecule has 1 aliphatic rings. The van der Waals surface area contributed by atoms with E-state index in [0.29, 0.717) is 11.3 Å². The van der Waals surface area contributed by atoms with E-state index < -0.39 is 0 Å². The number of hydrogen-bond donors (Lipinski definition) is 0. The molecule has 0 amide bonds. The summed E-state index contributed by atoms with van der Waals surface area (Å²) in [5.41, 5.74) is 0. The van der Waals surface area contributed by atoms with Crippen LogP contribution in [0.25, 0.3) is 0 Å². The van der Waals surface area contributed by atoms with Crippen molar-refractivity contribution in [1.29, 1.82) is 0 Å². The monoisotopic (exact) mass is 206 g/mol. The van der Waals surface area contributed by atoms with Gasteiger partial charge in [-0.2, -0.15) is 0 Å². The maximum Gasteiger partial charge on any atom is 0.293 e. The highest BCUT2D eigenvalue weighted by Crippen LogP contribution is 2.26. The van der Waals surface area contributed by atoms with Gasteiger partial charge in [0.1, 0.15) is 6.10 Å². The van der Waals surface area contributed by atoms with Gasteiger partial charge < -0.3 is 4.74 Å². The van der Waals surface area contributed by atoms with E-state index in [4.69, 9.17) is 4.74 Å². The van der Waals surface area contributed by atoms with Crippen LogP contribution in [0.5, 0.6) is 0 Å². The van der Waals surface area contributed by atoms with E-state index >= 15 is 0 Å². The van der Waals surface area contributed by atoms with Crippen molar-refractivity contribution in [1.82, 2.24) is 0 Å². The summed E-state index contributed by atoms with van der Waals surface area (Å²) in [6.07, 6.45) is 4.67. The molecule has 58 valence electrons. The largest absolute Gasteiger partial charge is 0.463 e. The Kier molecular flexibility index (Phi) is 3.19. The summed E-state index contributed by atoms with van der Waals surface area (Å²) in [6, 6.07) is 0. The summed E-state index contributed by atoms with van der Waals surface area (Å²) in [6.45, 7) is 0.546. The highest BCUT2D eigenvalue weighted by molar-refractivity contribution is 9.09. The predicted molar refractivity (Wildman–Crippen MR) is 42.1 cm³/mol. The molecule has 2 atom stereocenters. The fraction of sp³-hybridized carbons (Fsp3) is 0.857. The van der Waals surface area contributed by atoms with Crippen LogP contribution in [0.4, 0.5) is 0 Å². The molecule has 0 spiro atoms. The number of ether oxygens (including phenoxy) is 1. The third kappa shape index (κ3) is 1.97. The number of carbonyl (C=O) groups excluding carboxylic acids is 1. The van der Waals surface area contributed by atoms with Gasteiger partial charge in [-0.15, -0.1) is 0 Å². The first-order valence-electron chi connectivity index (χ1n) is 3.58. The maximum absolute atomic E-state index is 9.98. The van der Waals surface area contributed by atoms with E-state index in [0.717, 1.165) is 12.8 Å². The number of halogens is 1. The molecule has 0 radical (unpaired) electrons. The normalized spacial score (nSPS) is 33.3. The highest BCUT2D eigenvalue weighted by atomic mass is 79.9. The fourth-order valence-corrected chi connectivity index (χ4v) is 1.99. The number of rotatable bonds is 2. The van der Waals surface area contributed by atoms with Gasteiger partial charge in [-0.1, -0.05) is 22.4 Å². The molecule has 1 aliphatic carbocycles. The Labute approximate surface area is 69.1 Å². The van der Waals surface area contributed by atoms with Crippen LogP contribution in [0, 0.1) is 0 Å². The standard InChI is InChI=1S/C7H11BrO2/c8-6-3-1-2-4-7(6)10-5-9/h5-7H,1-4H2/t6-,7+/m1/s1. The lowest BCUT2D eigenvalue weighted by atomic mass is 9.98. The molecule has 2 nitrogen and oxygen atoms in total. The SMILES string of the molecule is O=CO[C@H]1CCCC[C@H]1Br. The molecule has 3 heteroatoms. The van der Waals surface area contributed by atoms with Gasteiger partial charge in [-0.3, -0.25) is 4.79 Å². The second kappa shape index (κ2) is 3.96. The Morgan fingerprint density at radius 3 is 2.70 bits per heavy atom. The van der Waals surface area contributed by atoms with Crippen molar-refractivity contribution in [3.8, 4) is 0 Å². The third-order valence-electron chi connectivity index (χ3n) is 1.85. The summed E-state index contributed by atoms with van der Waals surface area (Å²) >= 11 is 3.47. The molecule has 1 rings (SSSR count). The van der Waals surface area contributed by atoms with Gasteiger partial charge in [0.2, 0.25) is 0 Å². The smallest absolute Gasteiger partial charge is 0.293 e. The van der Waals surface area contributed by atoms with Crippen LogP contribution in [0.2, 0.25) is 0 Å². The minimum absolute atomic E-state index is 0.117. The first-order valence-corrected chi connectivity index (χ1v) is 4.49. The Balaban J connectivity index is 2.32. The topological polar surface area (TPSA) is 26.3 Å². The van der Waals surface area contributed by atoms with Crippen LogP contribution in [0.1, 0.15) is 25.7 Å². The second-order valence-electron chi connectivity index (χ2n) is 2.57. The Morgan fingerprint density at radius 1 is 1.40 bits per heavy atom. The Hall–Kier alpha value is -0.0500. The van der Waals surface area contributed by atoms with Gasteiger partial charge in [-0.25, -0.2) is 0 Å². The zero-order valence-electron chi connectivity index (χ0n) is 5.75. The molecule has 0 aromatic carbocycles. The zero-order valence-corrected chi connectivity index (χ0v) is 7.34. The van der Waals surface area contributed by atoms with Crippen molar-refractivity contribution in [2.75, 3.05) is 0 Å². The lowest BCUT2D eigenvalue weighted by Crippen LogP contribution is -2.27. The summed E-state index contributed by atoms with van der Waals surface area (Å²) < 4.78 is 4.87. The summed E-state index contributed by atoms with van der Waals surface area (Å²) in [5, 5.41) is 0. The van der Waals surface area contributed by atoms with Crippen molar-refractivity contribution in [2.24, 2.45) is 0 Å². The van der Waals surface area contributed by atoms with E-state index in [1.54, 1.807) is 0 Å². The van der Waals surface area contributed by atoms with Crippen molar-refractivity contribution >= 4 is 22.4 Å². The first-order chi connectivity index (χ1) is 4.84. The average Bonchev–Trinajstić information content (AvgIpc) is 1.94. The molecule has 0 saturated heterocycles. The molecule has 0 aromatic heterocycles. The van der Waals surface area contributed by atoms with Gasteiger partial charge in [0.25, 0.3) is 6.47 Å². The van der Waals surface area contributed by atoms with E-state index in [1.807, 2.05) is 0 Å². The van der Waals surface area contributed by atoms with Crippen LogP contribution < -0.4 is 0 Å². The van der Waals surface area contributed by atoms with Crippen molar-refractivity contribution in [3.05, 3.63) is 0 Å².